The highest BCUT2D eigenvalue weighted by atomic mass is 16.2. The third kappa shape index (κ3) is 7.21. The van der Waals surface area contributed by atoms with Crippen molar-refractivity contribution in [3.05, 3.63) is 41.2 Å². The summed E-state index contributed by atoms with van der Waals surface area (Å²) in [6.45, 7) is 3.66. The molecule has 0 saturated heterocycles. The molecule has 2 aromatic rings. The molecule has 33 heavy (non-hydrogen) atoms. The van der Waals surface area contributed by atoms with Gasteiger partial charge in [-0.15, -0.1) is 0 Å². The molecule has 0 radical (unpaired) electrons. The molecule has 3 amide bonds. The number of hydrogen-bond acceptors (Lipinski definition) is 7. The SMILES string of the molecule is CC#CC(=O)N(C)CC(=O)NCCc1cccc(Nc2nc(N(C)C)c(C)nc2C(N)=O)c1. The zero-order valence-electron chi connectivity index (χ0n) is 19.5. The van der Waals surface area contributed by atoms with Gasteiger partial charge in [-0.2, -0.15) is 0 Å². The summed E-state index contributed by atoms with van der Waals surface area (Å²) in [5.74, 6) is 4.45. The van der Waals surface area contributed by atoms with Gasteiger partial charge in [0.05, 0.1) is 5.69 Å². The number of aryl methyl sites for hydroxylation is 1. The van der Waals surface area contributed by atoms with Crippen molar-refractivity contribution >= 4 is 35.0 Å². The first kappa shape index (κ1) is 25.1. The molecule has 0 aliphatic carbocycles. The Morgan fingerprint density at radius 2 is 1.88 bits per heavy atom. The molecule has 1 heterocycles. The Morgan fingerprint density at radius 3 is 2.52 bits per heavy atom. The number of anilines is 3. The van der Waals surface area contributed by atoms with Crippen molar-refractivity contribution < 1.29 is 14.4 Å². The summed E-state index contributed by atoms with van der Waals surface area (Å²) in [5, 5.41) is 5.91. The van der Waals surface area contributed by atoms with Gasteiger partial charge in [0, 0.05) is 33.4 Å². The van der Waals surface area contributed by atoms with Crippen LogP contribution >= 0.6 is 0 Å². The largest absolute Gasteiger partial charge is 0.364 e. The highest BCUT2D eigenvalue weighted by molar-refractivity contribution is 5.97. The van der Waals surface area contributed by atoms with Crippen molar-refractivity contribution in [2.75, 3.05) is 44.4 Å². The number of benzene rings is 1. The van der Waals surface area contributed by atoms with Crippen molar-refractivity contribution in [2.45, 2.75) is 20.3 Å². The van der Waals surface area contributed by atoms with E-state index in [9.17, 15) is 14.4 Å². The van der Waals surface area contributed by atoms with Gasteiger partial charge in [0.25, 0.3) is 11.8 Å². The van der Waals surface area contributed by atoms with Crippen LogP contribution in [0.1, 0.15) is 28.7 Å². The Morgan fingerprint density at radius 1 is 1.15 bits per heavy atom. The maximum absolute atomic E-state index is 12.0. The van der Waals surface area contributed by atoms with E-state index in [0.717, 1.165) is 5.56 Å². The Labute approximate surface area is 193 Å². The summed E-state index contributed by atoms with van der Waals surface area (Å²) >= 11 is 0. The molecule has 0 bridgehead atoms. The Hall–Kier alpha value is -4.13. The lowest BCUT2D eigenvalue weighted by Gasteiger charge is -2.17. The van der Waals surface area contributed by atoms with Gasteiger partial charge in [-0.3, -0.25) is 14.4 Å². The van der Waals surface area contributed by atoms with E-state index in [0.29, 0.717) is 30.2 Å². The minimum Gasteiger partial charge on any atom is -0.364 e. The molecule has 2 rings (SSSR count). The molecule has 10 nitrogen and oxygen atoms in total. The van der Waals surface area contributed by atoms with Crippen molar-refractivity contribution in [3.63, 3.8) is 0 Å². The zero-order valence-corrected chi connectivity index (χ0v) is 19.5. The fourth-order valence-electron chi connectivity index (χ4n) is 3.03. The minimum atomic E-state index is -0.675. The van der Waals surface area contributed by atoms with Crippen molar-refractivity contribution in [1.82, 2.24) is 20.2 Å². The molecular formula is C23H29N7O3. The third-order valence-electron chi connectivity index (χ3n) is 4.59. The average molecular weight is 452 g/mol. The van der Waals surface area contributed by atoms with Gasteiger partial charge in [-0.1, -0.05) is 18.1 Å². The number of carbonyl (C=O) groups excluding carboxylic acids is 3. The van der Waals surface area contributed by atoms with E-state index in [-0.39, 0.29) is 24.0 Å². The fraction of sp³-hybridized carbons (Fsp3) is 0.348. The molecule has 174 valence electrons. The van der Waals surface area contributed by atoms with Gasteiger partial charge in [0.15, 0.2) is 17.3 Å². The molecule has 0 fully saturated rings. The van der Waals surface area contributed by atoms with E-state index in [1.165, 1.54) is 11.9 Å². The van der Waals surface area contributed by atoms with Gasteiger partial charge < -0.3 is 26.2 Å². The topological polar surface area (TPSA) is 134 Å². The number of nitrogens with two attached hydrogens (primary N) is 1. The van der Waals surface area contributed by atoms with Gasteiger partial charge in [-0.25, -0.2) is 9.97 Å². The second-order valence-electron chi connectivity index (χ2n) is 7.55. The molecular weight excluding hydrogens is 422 g/mol. The second-order valence-corrected chi connectivity index (χ2v) is 7.55. The number of rotatable bonds is 9. The standard InChI is InChI=1S/C23H29N7O3/c1-6-8-19(32)30(5)14-18(31)25-12-11-16-9-7-10-17(13-16)27-22-20(21(24)33)26-15(2)23(28-22)29(3)4/h7,9-10,13H,11-12,14H2,1-5H3,(H2,24,33)(H,25,31)(H,27,28). The lowest BCUT2D eigenvalue weighted by Crippen LogP contribution is -2.38. The summed E-state index contributed by atoms with van der Waals surface area (Å²) in [6, 6.07) is 7.50. The number of primary amides is 1. The fourth-order valence-corrected chi connectivity index (χ4v) is 3.03. The molecule has 0 atom stereocenters. The average Bonchev–Trinajstić information content (AvgIpc) is 2.74. The lowest BCUT2D eigenvalue weighted by atomic mass is 10.1. The first-order valence-electron chi connectivity index (χ1n) is 10.3. The number of aromatic nitrogens is 2. The number of carbonyl (C=O) groups is 3. The second kappa shape index (κ2) is 11.5. The maximum atomic E-state index is 12.0. The maximum Gasteiger partial charge on any atom is 0.298 e. The summed E-state index contributed by atoms with van der Waals surface area (Å²) in [6.07, 6.45) is 0.568. The van der Waals surface area contributed by atoms with Crippen molar-refractivity contribution in [3.8, 4) is 11.8 Å². The normalized spacial score (nSPS) is 9.97. The number of amides is 3. The van der Waals surface area contributed by atoms with E-state index >= 15 is 0 Å². The monoisotopic (exact) mass is 451 g/mol. The Kier molecular flexibility index (Phi) is 8.74. The summed E-state index contributed by atoms with van der Waals surface area (Å²) in [7, 11) is 5.20. The quantitative estimate of drug-likeness (QED) is 0.481. The van der Waals surface area contributed by atoms with Crippen LogP contribution in [-0.4, -0.2) is 66.8 Å². The number of nitrogens with one attached hydrogen (secondary N) is 2. The van der Waals surface area contributed by atoms with Gasteiger partial charge >= 0.3 is 0 Å². The summed E-state index contributed by atoms with van der Waals surface area (Å²) in [5.41, 5.74) is 7.80. The predicted octanol–water partition coefficient (Wildman–Crippen LogP) is 0.834. The van der Waals surface area contributed by atoms with E-state index in [1.54, 1.807) is 18.7 Å². The molecule has 0 aliphatic heterocycles. The number of nitrogens with zero attached hydrogens (tertiary/aromatic N) is 4. The van der Waals surface area contributed by atoms with Gasteiger partial charge in [-0.05, 0) is 43.9 Å². The molecule has 0 unspecified atom stereocenters. The van der Waals surface area contributed by atoms with Gasteiger partial charge in [0.1, 0.15) is 6.54 Å². The highest BCUT2D eigenvalue weighted by Crippen LogP contribution is 2.23. The van der Waals surface area contributed by atoms with Crippen LogP contribution in [0.2, 0.25) is 0 Å². The van der Waals surface area contributed by atoms with Gasteiger partial charge in [0.2, 0.25) is 5.91 Å². The van der Waals surface area contributed by atoms with Crippen LogP contribution in [0.25, 0.3) is 0 Å². The summed E-state index contributed by atoms with van der Waals surface area (Å²) in [4.78, 5) is 47.4. The first-order valence-corrected chi connectivity index (χ1v) is 10.3. The molecule has 0 saturated carbocycles. The van der Waals surface area contributed by atoms with Crippen molar-refractivity contribution in [1.29, 1.82) is 0 Å². The van der Waals surface area contributed by atoms with Crippen LogP contribution in [0.4, 0.5) is 17.3 Å². The van der Waals surface area contributed by atoms with Crippen LogP contribution < -0.4 is 21.3 Å². The number of hydrogen-bond donors (Lipinski definition) is 3. The number of likely N-dealkylation sites (N-methyl/N-ethyl adjacent to an activating group) is 1. The molecule has 0 aliphatic rings. The predicted molar refractivity (Wildman–Crippen MR) is 127 cm³/mol. The van der Waals surface area contributed by atoms with Crippen LogP contribution in [-0.2, 0) is 16.0 Å². The van der Waals surface area contributed by atoms with E-state index in [1.807, 2.05) is 38.4 Å². The molecule has 10 heteroatoms. The molecule has 1 aromatic heterocycles. The van der Waals surface area contributed by atoms with Crippen LogP contribution in [0.5, 0.6) is 0 Å². The summed E-state index contributed by atoms with van der Waals surface area (Å²) < 4.78 is 0. The molecule has 4 N–H and O–H groups in total. The minimum absolute atomic E-state index is 0.0576. The van der Waals surface area contributed by atoms with Crippen LogP contribution in [0.3, 0.4) is 0 Å². The van der Waals surface area contributed by atoms with E-state index in [2.05, 4.69) is 32.4 Å². The van der Waals surface area contributed by atoms with Crippen LogP contribution in [0, 0.1) is 18.8 Å². The smallest absolute Gasteiger partial charge is 0.298 e. The zero-order chi connectivity index (χ0) is 24.5. The van der Waals surface area contributed by atoms with Crippen LogP contribution in [0.15, 0.2) is 24.3 Å². The Bertz CT molecular complexity index is 1100. The van der Waals surface area contributed by atoms with Crippen molar-refractivity contribution in [2.24, 2.45) is 5.73 Å². The Balaban J connectivity index is 2.05. The molecule has 0 spiro atoms. The molecule has 1 aromatic carbocycles. The van der Waals surface area contributed by atoms with E-state index in [4.69, 9.17) is 5.73 Å². The third-order valence-corrected chi connectivity index (χ3v) is 4.59. The highest BCUT2D eigenvalue weighted by Gasteiger charge is 2.17. The first-order chi connectivity index (χ1) is 15.6. The lowest BCUT2D eigenvalue weighted by molar-refractivity contribution is -0.130. The van der Waals surface area contributed by atoms with E-state index < -0.39 is 11.8 Å².